The Morgan fingerprint density at radius 2 is 1.53 bits per heavy atom. The molecule has 4 aromatic rings. The highest BCUT2D eigenvalue weighted by Gasteiger charge is 2.27. The van der Waals surface area contributed by atoms with Gasteiger partial charge in [0.25, 0.3) is 5.91 Å². The number of para-hydroxylation sites is 1. The van der Waals surface area contributed by atoms with E-state index in [1.54, 1.807) is 54.6 Å². The number of benzene rings is 3. The van der Waals surface area contributed by atoms with Crippen LogP contribution < -0.4 is 10.7 Å². The van der Waals surface area contributed by atoms with Crippen LogP contribution in [0.1, 0.15) is 33.3 Å². The second kappa shape index (κ2) is 8.89. The number of hydrogen-bond acceptors (Lipinski definition) is 5. The molecule has 0 spiro atoms. The summed E-state index contributed by atoms with van der Waals surface area (Å²) in [5.74, 6) is -1.69. The number of anilines is 1. The third kappa shape index (κ3) is 4.59. The lowest BCUT2D eigenvalue weighted by Gasteiger charge is -2.18. The lowest BCUT2D eigenvalue weighted by molar-refractivity contribution is -0.125. The maximum Gasteiger partial charge on any atom is 0.375 e. The first-order chi connectivity index (χ1) is 15.4. The van der Waals surface area contributed by atoms with Crippen LogP contribution in [0.5, 0.6) is 0 Å². The van der Waals surface area contributed by atoms with E-state index in [4.69, 9.17) is 9.15 Å². The van der Waals surface area contributed by atoms with E-state index in [0.29, 0.717) is 16.6 Å². The summed E-state index contributed by atoms with van der Waals surface area (Å²) in [7, 11) is 0. The number of carbonyl (C=O) groups is 2. The van der Waals surface area contributed by atoms with E-state index in [1.807, 2.05) is 32.0 Å². The number of fused-ring (bicyclic) bond motifs is 1. The van der Waals surface area contributed by atoms with Crippen LogP contribution in [0.4, 0.5) is 5.69 Å². The summed E-state index contributed by atoms with van der Waals surface area (Å²) >= 11 is 0. The molecule has 0 saturated heterocycles. The van der Waals surface area contributed by atoms with E-state index in [2.05, 4.69) is 5.32 Å². The summed E-state index contributed by atoms with van der Waals surface area (Å²) in [6, 6.07) is 22.0. The summed E-state index contributed by atoms with van der Waals surface area (Å²) in [4.78, 5) is 38.3. The van der Waals surface area contributed by atoms with E-state index < -0.39 is 18.0 Å². The monoisotopic (exact) mass is 427 g/mol. The average Bonchev–Trinajstić information content (AvgIpc) is 2.77. The zero-order valence-corrected chi connectivity index (χ0v) is 17.6. The van der Waals surface area contributed by atoms with Crippen LogP contribution in [-0.2, 0) is 9.53 Å². The van der Waals surface area contributed by atoms with Gasteiger partial charge < -0.3 is 14.5 Å². The molecule has 0 fully saturated rings. The molecular formula is C26H21NO5. The highest BCUT2D eigenvalue weighted by atomic mass is 16.6. The number of amides is 1. The number of nitrogens with one attached hydrogen (secondary N) is 1. The summed E-state index contributed by atoms with van der Waals surface area (Å²) in [5, 5.41) is 3.17. The normalized spacial score (nSPS) is 11.7. The molecule has 3 aromatic carbocycles. The van der Waals surface area contributed by atoms with Gasteiger partial charge in [0.2, 0.25) is 11.9 Å². The van der Waals surface area contributed by atoms with Gasteiger partial charge in [-0.1, -0.05) is 48.5 Å². The van der Waals surface area contributed by atoms with Crippen molar-refractivity contribution in [2.75, 3.05) is 5.32 Å². The minimum absolute atomic E-state index is 0.267. The predicted molar refractivity (Wildman–Crippen MR) is 122 cm³/mol. The number of ether oxygens (including phenoxy) is 1. The van der Waals surface area contributed by atoms with Crippen LogP contribution >= 0.6 is 0 Å². The third-order valence-corrected chi connectivity index (χ3v) is 4.89. The molecule has 1 atom stereocenters. The largest absolute Gasteiger partial charge is 0.449 e. The predicted octanol–water partition coefficient (Wildman–Crippen LogP) is 4.95. The van der Waals surface area contributed by atoms with Gasteiger partial charge in [-0.25, -0.2) is 4.79 Å². The van der Waals surface area contributed by atoms with Gasteiger partial charge in [-0.15, -0.1) is 0 Å². The number of hydrogen-bond donors (Lipinski definition) is 1. The molecule has 1 aromatic heterocycles. The Labute approximate surface area is 184 Å². The fourth-order valence-electron chi connectivity index (χ4n) is 3.53. The highest BCUT2D eigenvalue weighted by molar-refractivity contribution is 5.98. The average molecular weight is 427 g/mol. The first-order valence-corrected chi connectivity index (χ1v) is 10.1. The molecule has 6 nitrogen and oxygen atoms in total. The van der Waals surface area contributed by atoms with Gasteiger partial charge in [0, 0.05) is 17.3 Å². The molecule has 0 radical (unpaired) electrons. The SMILES string of the molecule is Cc1cc(C)cc(NC(=O)[C@@H](OC(=O)c2cc(=O)c3ccccc3o2)c2ccccc2)c1. The molecule has 160 valence electrons. The van der Waals surface area contributed by atoms with Crippen LogP contribution in [0.2, 0.25) is 0 Å². The number of aryl methyl sites for hydroxylation is 2. The van der Waals surface area contributed by atoms with E-state index >= 15 is 0 Å². The first-order valence-electron chi connectivity index (χ1n) is 10.1. The Hall–Kier alpha value is -4.19. The van der Waals surface area contributed by atoms with Crippen molar-refractivity contribution in [2.24, 2.45) is 0 Å². The molecule has 4 rings (SSSR count). The number of esters is 1. The van der Waals surface area contributed by atoms with Gasteiger partial charge in [0.05, 0.1) is 5.39 Å². The van der Waals surface area contributed by atoms with Crippen molar-refractivity contribution in [2.45, 2.75) is 20.0 Å². The second-order valence-electron chi connectivity index (χ2n) is 7.53. The molecule has 0 aliphatic carbocycles. The van der Waals surface area contributed by atoms with Gasteiger partial charge in [-0.3, -0.25) is 9.59 Å². The second-order valence-corrected chi connectivity index (χ2v) is 7.53. The Morgan fingerprint density at radius 1 is 0.875 bits per heavy atom. The fraction of sp³-hybridized carbons (Fsp3) is 0.115. The van der Waals surface area contributed by atoms with Gasteiger partial charge in [-0.2, -0.15) is 0 Å². The van der Waals surface area contributed by atoms with E-state index in [1.165, 1.54) is 0 Å². The van der Waals surface area contributed by atoms with Crippen LogP contribution in [0.15, 0.2) is 88.1 Å². The van der Waals surface area contributed by atoms with Crippen molar-refractivity contribution in [1.29, 1.82) is 0 Å². The molecule has 0 aliphatic heterocycles. The molecule has 1 N–H and O–H groups in total. The molecule has 0 saturated carbocycles. The zero-order valence-electron chi connectivity index (χ0n) is 17.6. The Morgan fingerprint density at radius 3 is 2.25 bits per heavy atom. The molecule has 32 heavy (non-hydrogen) atoms. The van der Waals surface area contributed by atoms with Gasteiger partial charge >= 0.3 is 5.97 Å². The lowest BCUT2D eigenvalue weighted by atomic mass is 10.1. The molecule has 0 aliphatic rings. The van der Waals surface area contributed by atoms with E-state index in [0.717, 1.165) is 17.2 Å². The molecule has 1 amide bonds. The van der Waals surface area contributed by atoms with Crippen molar-refractivity contribution in [3.05, 3.63) is 112 Å². The van der Waals surface area contributed by atoms with Crippen LogP contribution in [0.25, 0.3) is 11.0 Å². The maximum atomic E-state index is 13.1. The molecule has 6 heteroatoms. The Balaban J connectivity index is 1.64. The van der Waals surface area contributed by atoms with Gasteiger partial charge in [0.15, 0.2) is 5.43 Å². The Kier molecular flexibility index (Phi) is 5.85. The van der Waals surface area contributed by atoms with Gasteiger partial charge in [-0.05, 0) is 49.2 Å². The smallest absolute Gasteiger partial charge is 0.375 e. The minimum Gasteiger partial charge on any atom is -0.449 e. The van der Waals surface area contributed by atoms with Gasteiger partial charge in [0.1, 0.15) is 5.58 Å². The molecular weight excluding hydrogens is 406 g/mol. The molecule has 1 heterocycles. The van der Waals surface area contributed by atoms with Crippen molar-refractivity contribution in [3.8, 4) is 0 Å². The van der Waals surface area contributed by atoms with Crippen LogP contribution in [0.3, 0.4) is 0 Å². The van der Waals surface area contributed by atoms with E-state index in [-0.39, 0.29) is 16.8 Å². The number of rotatable bonds is 5. The first kappa shape index (κ1) is 21.1. The lowest BCUT2D eigenvalue weighted by Crippen LogP contribution is -2.26. The summed E-state index contributed by atoms with van der Waals surface area (Å²) in [5.41, 5.74) is 2.98. The fourth-order valence-corrected chi connectivity index (χ4v) is 3.53. The van der Waals surface area contributed by atoms with Crippen molar-refractivity contribution >= 4 is 28.5 Å². The van der Waals surface area contributed by atoms with Crippen molar-refractivity contribution in [1.82, 2.24) is 0 Å². The third-order valence-electron chi connectivity index (χ3n) is 4.89. The Bertz CT molecular complexity index is 1340. The minimum atomic E-state index is -1.23. The van der Waals surface area contributed by atoms with E-state index in [9.17, 15) is 14.4 Å². The highest BCUT2D eigenvalue weighted by Crippen LogP contribution is 2.23. The van der Waals surface area contributed by atoms with Crippen molar-refractivity contribution in [3.63, 3.8) is 0 Å². The maximum absolute atomic E-state index is 13.1. The molecule has 0 bridgehead atoms. The van der Waals surface area contributed by atoms with Crippen LogP contribution in [0, 0.1) is 13.8 Å². The zero-order chi connectivity index (χ0) is 22.7. The molecule has 0 unspecified atom stereocenters. The standard InChI is InChI=1S/C26H21NO5/c1-16-12-17(2)14-19(13-16)27-25(29)24(18-8-4-3-5-9-18)32-26(30)23-15-21(28)20-10-6-7-11-22(20)31-23/h3-15,24H,1-2H3,(H,27,29)/t24-/m0/s1. The number of carbonyl (C=O) groups excluding carboxylic acids is 2. The van der Waals surface area contributed by atoms with Crippen LogP contribution in [-0.4, -0.2) is 11.9 Å². The quantitative estimate of drug-likeness (QED) is 0.456. The summed E-state index contributed by atoms with van der Waals surface area (Å²) < 4.78 is 11.1. The topological polar surface area (TPSA) is 85.6 Å². The summed E-state index contributed by atoms with van der Waals surface area (Å²) in [6.07, 6.45) is -1.23. The van der Waals surface area contributed by atoms with Crippen molar-refractivity contribution < 1.29 is 18.7 Å². The summed E-state index contributed by atoms with van der Waals surface area (Å²) in [6.45, 7) is 3.86.